The molecule has 0 unspecified atom stereocenters. The van der Waals surface area contributed by atoms with E-state index in [4.69, 9.17) is 15.9 Å². The minimum Gasteiger partial charge on any atom is -0.490 e. The molecule has 1 amide bonds. The van der Waals surface area contributed by atoms with Gasteiger partial charge in [0.25, 0.3) is 5.91 Å². The van der Waals surface area contributed by atoms with Gasteiger partial charge in [0.1, 0.15) is 18.2 Å². The Hall–Kier alpha value is -2.97. The van der Waals surface area contributed by atoms with Gasteiger partial charge < -0.3 is 14.8 Å². The monoisotopic (exact) mass is 500 g/mol. The number of amides is 1. The summed E-state index contributed by atoms with van der Waals surface area (Å²) in [6.07, 6.45) is 6.80. The molecule has 0 aliphatic carbocycles. The van der Waals surface area contributed by atoms with Crippen LogP contribution < -0.4 is 14.8 Å². The zero-order chi connectivity index (χ0) is 21.4. The lowest BCUT2D eigenvalue weighted by molar-refractivity contribution is -0.112. The maximum Gasteiger partial charge on any atom is 0.266 e. The summed E-state index contributed by atoms with van der Waals surface area (Å²) in [4.78, 5) is 12.6. The number of hydrogen-bond acceptors (Lipinski definition) is 4. The standard InChI is InChI=1S/C23H21IN2O3/c1-5-10-29-22-19(24)12-17(13-21(22)28-6-2)11-18(14-25)23(27)26-20-9-7-8-15(3)16(20)4/h1,7-9,11-13H,6,10H2,2-4H3,(H,26,27)/b18-11+. The third-order valence-electron chi connectivity index (χ3n) is 4.16. The van der Waals surface area contributed by atoms with Crippen LogP contribution in [0.1, 0.15) is 23.6 Å². The van der Waals surface area contributed by atoms with Crippen molar-refractivity contribution < 1.29 is 14.3 Å². The first-order valence-electron chi connectivity index (χ1n) is 8.93. The second-order valence-electron chi connectivity index (χ2n) is 6.13. The lowest BCUT2D eigenvalue weighted by Gasteiger charge is -2.13. The molecular formula is C23H21IN2O3. The van der Waals surface area contributed by atoms with Crippen molar-refractivity contribution in [3.63, 3.8) is 0 Å². The molecule has 0 aliphatic rings. The molecule has 0 saturated heterocycles. The smallest absolute Gasteiger partial charge is 0.266 e. The molecule has 2 rings (SSSR count). The molecule has 1 N–H and O–H groups in total. The first kappa shape index (κ1) is 22.3. The fourth-order valence-electron chi connectivity index (χ4n) is 2.58. The predicted molar refractivity (Wildman–Crippen MR) is 123 cm³/mol. The molecule has 0 fully saturated rings. The number of hydrogen-bond donors (Lipinski definition) is 1. The van der Waals surface area contributed by atoms with Crippen LogP contribution in [-0.2, 0) is 4.79 Å². The van der Waals surface area contributed by atoms with E-state index in [1.807, 2.05) is 45.0 Å². The van der Waals surface area contributed by atoms with Gasteiger partial charge in [0.05, 0.1) is 10.2 Å². The van der Waals surface area contributed by atoms with Crippen LogP contribution in [0.5, 0.6) is 11.5 Å². The topological polar surface area (TPSA) is 71.3 Å². The van der Waals surface area contributed by atoms with E-state index in [0.29, 0.717) is 29.4 Å². The molecule has 0 saturated carbocycles. The third kappa shape index (κ3) is 5.75. The van der Waals surface area contributed by atoms with Crippen molar-refractivity contribution in [1.29, 1.82) is 5.26 Å². The Morgan fingerprint density at radius 3 is 2.72 bits per heavy atom. The van der Waals surface area contributed by atoms with E-state index < -0.39 is 5.91 Å². The van der Waals surface area contributed by atoms with Gasteiger partial charge >= 0.3 is 0 Å². The van der Waals surface area contributed by atoms with E-state index in [1.54, 1.807) is 12.1 Å². The summed E-state index contributed by atoms with van der Waals surface area (Å²) in [6, 6.07) is 11.1. The van der Waals surface area contributed by atoms with Gasteiger partial charge in [-0.2, -0.15) is 5.26 Å². The highest BCUT2D eigenvalue weighted by atomic mass is 127. The van der Waals surface area contributed by atoms with Crippen molar-refractivity contribution >= 4 is 40.3 Å². The summed E-state index contributed by atoms with van der Waals surface area (Å²) in [6.45, 7) is 6.30. The SMILES string of the molecule is C#CCOc1c(I)cc(/C=C(\C#N)C(=O)Nc2cccc(C)c2C)cc1OCC. The Balaban J connectivity index is 2.36. The number of ether oxygens (including phenoxy) is 2. The van der Waals surface area contributed by atoms with Gasteiger partial charge in [-0.1, -0.05) is 18.1 Å². The van der Waals surface area contributed by atoms with Crippen LogP contribution >= 0.6 is 22.6 Å². The fraction of sp³-hybridized carbons (Fsp3) is 0.217. The number of benzene rings is 2. The number of carbonyl (C=O) groups is 1. The number of anilines is 1. The molecule has 2 aromatic carbocycles. The van der Waals surface area contributed by atoms with Crippen molar-refractivity contribution in [2.45, 2.75) is 20.8 Å². The molecule has 6 heteroatoms. The van der Waals surface area contributed by atoms with Gasteiger partial charge in [-0.3, -0.25) is 4.79 Å². The molecule has 0 spiro atoms. The van der Waals surface area contributed by atoms with Crippen LogP contribution in [0.2, 0.25) is 0 Å². The summed E-state index contributed by atoms with van der Waals surface area (Å²) >= 11 is 2.11. The number of carbonyl (C=O) groups excluding carboxylic acids is 1. The van der Waals surface area contributed by atoms with Gasteiger partial charge in [-0.15, -0.1) is 6.42 Å². The van der Waals surface area contributed by atoms with Crippen LogP contribution in [0, 0.1) is 41.1 Å². The van der Waals surface area contributed by atoms with Crippen molar-refractivity contribution in [2.75, 3.05) is 18.5 Å². The number of nitrogens with one attached hydrogen (secondary N) is 1. The van der Waals surface area contributed by atoms with E-state index in [-0.39, 0.29) is 12.2 Å². The third-order valence-corrected chi connectivity index (χ3v) is 4.96. The summed E-state index contributed by atoms with van der Waals surface area (Å²) < 4.78 is 12.0. The Labute approximate surface area is 184 Å². The van der Waals surface area contributed by atoms with Gasteiger partial charge in [0, 0.05) is 5.69 Å². The molecule has 0 atom stereocenters. The Kier molecular flexibility index (Phi) is 8.11. The van der Waals surface area contributed by atoms with Gasteiger partial charge in [-0.05, 0) is 84.3 Å². The Bertz CT molecular complexity index is 1030. The van der Waals surface area contributed by atoms with E-state index in [1.165, 1.54) is 6.08 Å². The highest BCUT2D eigenvalue weighted by molar-refractivity contribution is 14.1. The summed E-state index contributed by atoms with van der Waals surface area (Å²) in [5.41, 5.74) is 3.34. The van der Waals surface area contributed by atoms with E-state index >= 15 is 0 Å². The molecule has 5 nitrogen and oxygen atoms in total. The minimum absolute atomic E-state index is 0.0125. The zero-order valence-corrected chi connectivity index (χ0v) is 18.7. The molecule has 2 aromatic rings. The number of halogens is 1. The quantitative estimate of drug-likeness (QED) is 0.255. The van der Waals surface area contributed by atoms with E-state index in [2.05, 4.69) is 33.8 Å². The molecule has 0 heterocycles. The van der Waals surface area contributed by atoms with Gasteiger partial charge in [0.15, 0.2) is 11.5 Å². The molecule has 29 heavy (non-hydrogen) atoms. The fourth-order valence-corrected chi connectivity index (χ4v) is 3.36. The van der Waals surface area contributed by atoms with Gasteiger partial charge in [0.2, 0.25) is 0 Å². The average Bonchev–Trinajstić information content (AvgIpc) is 2.69. The second-order valence-corrected chi connectivity index (χ2v) is 7.29. The normalized spacial score (nSPS) is 10.6. The molecule has 0 aliphatic heterocycles. The molecule has 0 bridgehead atoms. The first-order valence-corrected chi connectivity index (χ1v) is 10.0. The highest BCUT2D eigenvalue weighted by Crippen LogP contribution is 2.35. The number of nitriles is 1. The molecule has 0 aromatic heterocycles. The van der Waals surface area contributed by atoms with E-state index in [0.717, 1.165) is 14.7 Å². The summed E-state index contributed by atoms with van der Waals surface area (Å²) in [5.74, 6) is 3.01. The summed E-state index contributed by atoms with van der Waals surface area (Å²) in [5, 5.41) is 12.3. The van der Waals surface area contributed by atoms with Crippen molar-refractivity contribution in [3.05, 3.63) is 56.2 Å². The highest BCUT2D eigenvalue weighted by Gasteiger charge is 2.15. The maximum absolute atomic E-state index is 12.6. The number of aryl methyl sites for hydroxylation is 1. The molecule has 0 radical (unpaired) electrons. The second kappa shape index (κ2) is 10.5. The van der Waals surface area contributed by atoms with Crippen molar-refractivity contribution in [1.82, 2.24) is 0 Å². The van der Waals surface area contributed by atoms with Crippen LogP contribution in [0.25, 0.3) is 6.08 Å². The van der Waals surface area contributed by atoms with Crippen LogP contribution in [0.4, 0.5) is 5.69 Å². The number of terminal acetylenes is 1. The Morgan fingerprint density at radius 2 is 2.07 bits per heavy atom. The number of nitrogens with zero attached hydrogens (tertiary/aromatic N) is 1. The van der Waals surface area contributed by atoms with Crippen molar-refractivity contribution in [2.24, 2.45) is 0 Å². The number of rotatable bonds is 7. The van der Waals surface area contributed by atoms with Crippen LogP contribution in [-0.4, -0.2) is 19.1 Å². The molecular weight excluding hydrogens is 479 g/mol. The molecule has 148 valence electrons. The van der Waals surface area contributed by atoms with Crippen molar-refractivity contribution in [3.8, 4) is 29.9 Å². The largest absolute Gasteiger partial charge is 0.490 e. The summed E-state index contributed by atoms with van der Waals surface area (Å²) in [7, 11) is 0. The predicted octanol–water partition coefficient (Wildman–Crippen LogP) is 4.86. The average molecular weight is 500 g/mol. The van der Waals surface area contributed by atoms with Crippen LogP contribution in [0.3, 0.4) is 0 Å². The van der Waals surface area contributed by atoms with Crippen LogP contribution in [0.15, 0.2) is 35.9 Å². The maximum atomic E-state index is 12.6. The lowest BCUT2D eigenvalue weighted by atomic mass is 10.1. The van der Waals surface area contributed by atoms with Gasteiger partial charge in [-0.25, -0.2) is 0 Å². The minimum atomic E-state index is -0.471. The Morgan fingerprint density at radius 1 is 1.31 bits per heavy atom. The van der Waals surface area contributed by atoms with E-state index in [9.17, 15) is 10.1 Å². The zero-order valence-electron chi connectivity index (χ0n) is 16.5. The lowest BCUT2D eigenvalue weighted by Crippen LogP contribution is -2.14. The first-order chi connectivity index (χ1) is 13.9.